The molecule has 0 aromatic heterocycles. The molecular formula is C17H17NO4S. The Morgan fingerprint density at radius 1 is 1.09 bits per heavy atom. The Labute approximate surface area is 135 Å². The van der Waals surface area contributed by atoms with Crippen LogP contribution in [0.2, 0.25) is 0 Å². The smallest absolute Gasteiger partial charge is 0.205 e. The number of rotatable bonds is 4. The number of aryl methyl sites for hydroxylation is 1. The Hall–Kier alpha value is -2.34. The van der Waals surface area contributed by atoms with Crippen LogP contribution in [0.5, 0.6) is 5.75 Å². The van der Waals surface area contributed by atoms with E-state index in [2.05, 4.69) is 4.99 Å². The molecule has 120 valence electrons. The molecule has 23 heavy (non-hydrogen) atoms. The zero-order valence-electron chi connectivity index (χ0n) is 12.8. The third kappa shape index (κ3) is 2.82. The number of aliphatic imine (C=N–C) groups is 1. The standard InChI is InChI=1S/C17H17NO4S/c1-12-7-9-13(10-8-12)23(19,20)17-16(22-11-18-17)14-5-3-4-6-15(14)21-2/h3-11,16-17H,1-2H3. The molecule has 2 aromatic rings. The van der Waals surface area contributed by atoms with Crippen molar-refractivity contribution in [3.8, 4) is 5.75 Å². The first kappa shape index (κ1) is 15.6. The van der Waals surface area contributed by atoms with Gasteiger partial charge in [0.05, 0.1) is 12.0 Å². The number of benzene rings is 2. The van der Waals surface area contributed by atoms with E-state index < -0.39 is 21.3 Å². The van der Waals surface area contributed by atoms with Gasteiger partial charge in [0.15, 0.2) is 17.9 Å². The summed E-state index contributed by atoms with van der Waals surface area (Å²) in [7, 11) is -2.12. The molecule has 6 heteroatoms. The lowest BCUT2D eigenvalue weighted by molar-refractivity contribution is 0.221. The van der Waals surface area contributed by atoms with Gasteiger partial charge in [0.25, 0.3) is 0 Å². The molecular weight excluding hydrogens is 314 g/mol. The van der Waals surface area contributed by atoms with Crippen LogP contribution in [0.15, 0.2) is 58.4 Å². The van der Waals surface area contributed by atoms with Crippen LogP contribution >= 0.6 is 0 Å². The summed E-state index contributed by atoms with van der Waals surface area (Å²) in [6.45, 7) is 1.91. The molecule has 2 unspecified atom stereocenters. The molecule has 0 spiro atoms. The summed E-state index contributed by atoms with van der Waals surface area (Å²) < 4.78 is 36.6. The third-order valence-electron chi connectivity index (χ3n) is 3.79. The van der Waals surface area contributed by atoms with Crippen molar-refractivity contribution in [3.63, 3.8) is 0 Å². The number of sulfone groups is 1. The summed E-state index contributed by atoms with van der Waals surface area (Å²) in [4.78, 5) is 4.28. The van der Waals surface area contributed by atoms with Crippen LogP contribution in [-0.4, -0.2) is 27.3 Å². The van der Waals surface area contributed by atoms with Gasteiger partial charge in [0, 0.05) is 5.56 Å². The summed E-state index contributed by atoms with van der Waals surface area (Å²) in [5.41, 5.74) is 1.66. The van der Waals surface area contributed by atoms with Gasteiger partial charge in [-0.3, -0.25) is 0 Å². The van der Waals surface area contributed by atoms with Crippen molar-refractivity contribution in [2.24, 2.45) is 4.99 Å². The molecule has 0 amide bonds. The van der Waals surface area contributed by atoms with Crippen LogP contribution in [-0.2, 0) is 14.6 Å². The van der Waals surface area contributed by atoms with Crippen LogP contribution in [0.25, 0.3) is 0 Å². The molecule has 0 N–H and O–H groups in total. The highest BCUT2D eigenvalue weighted by molar-refractivity contribution is 7.92. The fraction of sp³-hybridized carbons (Fsp3) is 0.235. The number of methoxy groups -OCH3 is 1. The molecule has 1 heterocycles. The first-order valence-electron chi connectivity index (χ1n) is 7.14. The second kappa shape index (κ2) is 6.04. The average molecular weight is 331 g/mol. The van der Waals surface area contributed by atoms with E-state index in [9.17, 15) is 8.42 Å². The highest BCUT2D eigenvalue weighted by Crippen LogP contribution is 2.37. The minimum absolute atomic E-state index is 0.232. The van der Waals surface area contributed by atoms with E-state index in [1.165, 1.54) is 13.5 Å². The number of nitrogens with zero attached hydrogens (tertiary/aromatic N) is 1. The lowest BCUT2D eigenvalue weighted by Gasteiger charge is -2.20. The van der Waals surface area contributed by atoms with Crippen molar-refractivity contribution in [3.05, 3.63) is 59.7 Å². The summed E-state index contributed by atoms with van der Waals surface area (Å²) in [5.74, 6) is 0.576. The van der Waals surface area contributed by atoms with Gasteiger partial charge < -0.3 is 9.47 Å². The van der Waals surface area contributed by atoms with Gasteiger partial charge >= 0.3 is 0 Å². The molecule has 0 radical (unpaired) electrons. The van der Waals surface area contributed by atoms with Gasteiger partial charge in [-0.1, -0.05) is 35.9 Å². The van der Waals surface area contributed by atoms with E-state index in [-0.39, 0.29) is 4.90 Å². The molecule has 3 rings (SSSR count). The first-order chi connectivity index (χ1) is 11.0. The maximum Gasteiger partial charge on any atom is 0.205 e. The van der Waals surface area contributed by atoms with Crippen molar-refractivity contribution in [2.75, 3.05) is 7.11 Å². The Kier molecular flexibility index (Phi) is 4.09. The molecule has 2 atom stereocenters. The normalized spacial score (nSPS) is 20.3. The Bertz CT molecular complexity index is 828. The van der Waals surface area contributed by atoms with Gasteiger partial charge in [-0.25, -0.2) is 13.4 Å². The van der Waals surface area contributed by atoms with E-state index in [0.717, 1.165) is 5.56 Å². The summed E-state index contributed by atoms with van der Waals surface area (Å²) in [6, 6.07) is 13.9. The summed E-state index contributed by atoms with van der Waals surface area (Å²) in [5, 5.41) is -1.03. The minimum atomic E-state index is -3.66. The topological polar surface area (TPSA) is 65.0 Å². The highest BCUT2D eigenvalue weighted by atomic mass is 32.2. The minimum Gasteiger partial charge on any atom is -0.496 e. The van der Waals surface area contributed by atoms with Crippen molar-refractivity contribution >= 4 is 16.2 Å². The Morgan fingerprint density at radius 3 is 2.48 bits per heavy atom. The van der Waals surface area contributed by atoms with Crippen LogP contribution in [0.3, 0.4) is 0 Å². The largest absolute Gasteiger partial charge is 0.496 e. The lowest BCUT2D eigenvalue weighted by Crippen LogP contribution is -2.25. The predicted octanol–water partition coefficient (Wildman–Crippen LogP) is 2.90. The zero-order chi connectivity index (χ0) is 16.4. The molecule has 5 nitrogen and oxygen atoms in total. The molecule has 0 saturated heterocycles. The second-order valence-electron chi connectivity index (χ2n) is 5.30. The highest BCUT2D eigenvalue weighted by Gasteiger charge is 2.40. The summed E-state index contributed by atoms with van der Waals surface area (Å²) >= 11 is 0. The predicted molar refractivity (Wildman–Crippen MR) is 87.5 cm³/mol. The molecule has 0 bridgehead atoms. The van der Waals surface area contributed by atoms with Crippen LogP contribution in [0, 0.1) is 6.92 Å². The number of hydrogen-bond acceptors (Lipinski definition) is 5. The van der Waals surface area contributed by atoms with E-state index in [1.807, 2.05) is 19.1 Å². The second-order valence-corrected chi connectivity index (χ2v) is 7.35. The van der Waals surface area contributed by atoms with Crippen LogP contribution < -0.4 is 4.74 Å². The SMILES string of the molecule is COc1ccccc1C1OC=NC1S(=O)(=O)c1ccc(C)cc1. The maximum absolute atomic E-state index is 12.9. The number of ether oxygens (including phenoxy) is 2. The van der Waals surface area contributed by atoms with E-state index >= 15 is 0 Å². The maximum atomic E-state index is 12.9. The fourth-order valence-corrected chi connectivity index (χ4v) is 4.09. The number of para-hydroxylation sites is 1. The van der Waals surface area contributed by atoms with Crippen LogP contribution in [0.4, 0.5) is 0 Å². The van der Waals surface area contributed by atoms with E-state index in [1.54, 1.807) is 36.4 Å². The fourth-order valence-electron chi connectivity index (χ4n) is 2.54. The molecule has 1 aliphatic heterocycles. The van der Waals surface area contributed by atoms with E-state index in [4.69, 9.17) is 9.47 Å². The monoisotopic (exact) mass is 331 g/mol. The van der Waals surface area contributed by atoms with Crippen molar-refractivity contribution in [2.45, 2.75) is 23.3 Å². The van der Waals surface area contributed by atoms with Crippen molar-refractivity contribution in [1.82, 2.24) is 0 Å². The average Bonchev–Trinajstić information content (AvgIpc) is 3.05. The zero-order valence-corrected chi connectivity index (χ0v) is 13.7. The molecule has 0 fully saturated rings. The van der Waals surface area contributed by atoms with Gasteiger partial charge in [-0.2, -0.15) is 0 Å². The number of hydrogen-bond donors (Lipinski definition) is 0. The Balaban J connectivity index is 2.01. The van der Waals surface area contributed by atoms with E-state index in [0.29, 0.717) is 11.3 Å². The quantitative estimate of drug-likeness (QED) is 0.864. The first-order valence-corrected chi connectivity index (χ1v) is 8.69. The van der Waals surface area contributed by atoms with Crippen molar-refractivity contribution in [1.29, 1.82) is 0 Å². The molecule has 2 aromatic carbocycles. The lowest BCUT2D eigenvalue weighted by atomic mass is 10.1. The molecule has 0 aliphatic carbocycles. The van der Waals surface area contributed by atoms with Crippen molar-refractivity contribution < 1.29 is 17.9 Å². The van der Waals surface area contributed by atoms with Gasteiger partial charge in [0.1, 0.15) is 5.75 Å². The third-order valence-corrected chi connectivity index (χ3v) is 5.72. The molecule has 0 saturated carbocycles. The van der Waals surface area contributed by atoms with Crippen LogP contribution in [0.1, 0.15) is 17.2 Å². The molecule has 1 aliphatic rings. The van der Waals surface area contributed by atoms with Gasteiger partial charge in [0.2, 0.25) is 9.84 Å². The van der Waals surface area contributed by atoms with Gasteiger partial charge in [-0.15, -0.1) is 0 Å². The van der Waals surface area contributed by atoms with Gasteiger partial charge in [-0.05, 0) is 25.1 Å². The summed E-state index contributed by atoms with van der Waals surface area (Å²) in [6.07, 6.45) is 0.477. The Morgan fingerprint density at radius 2 is 1.78 bits per heavy atom.